The lowest BCUT2D eigenvalue weighted by Gasteiger charge is -2.15. The molecule has 2 rings (SSSR count). The molecule has 2 aromatic carbocycles. The number of nitrogens with zero attached hydrogens (tertiary/aromatic N) is 1. The van der Waals surface area contributed by atoms with E-state index in [1.165, 1.54) is 23.1 Å². The van der Waals surface area contributed by atoms with E-state index in [0.29, 0.717) is 12.2 Å². The van der Waals surface area contributed by atoms with Crippen LogP contribution in [0, 0.1) is 5.82 Å². The van der Waals surface area contributed by atoms with E-state index in [1.807, 2.05) is 0 Å². The molecule has 0 bridgehead atoms. The van der Waals surface area contributed by atoms with Gasteiger partial charge in [0, 0.05) is 25.4 Å². The van der Waals surface area contributed by atoms with Crippen LogP contribution in [0.15, 0.2) is 54.6 Å². The van der Waals surface area contributed by atoms with Crippen LogP contribution in [-0.4, -0.2) is 32.5 Å². The normalized spacial score (nSPS) is 11.5. The number of halogens is 1. The first-order valence-corrected chi connectivity index (χ1v) is 9.37. The zero-order valence-corrected chi connectivity index (χ0v) is 14.8. The van der Waals surface area contributed by atoms with E-state index in [9.17, 15) is 17.6 Å². The molecule has 5 nitrogen and oxygen atoms in total. The molecule has 0 radical (unpaired) electrons. The molecule has 0 aromatic heterocycles. The largest absolute Gasteiger partial charge is 0.338 e. The summed E-state index contributed by atoms with van der Waals surface area (Å²) in [6, 6.07) is 12.6. The van der Waals surface area contributed by atoms with E-state index in [2.05, 4.69) is 4.72 Å². The Labute approximate surface area is 146 Å². The van der Waals surface area contributed by atoms with Gasteiger partial charge in [0.2, 0.25) is 15.9 Å². The van der Waals surface area contributed by atoms with E-state index >= 15 is 0 Å². The molecule has 0 spiro atoms. The molecule has 0 atom stereocenters. The molecule has 0 fully saturated rings. The first-order chi connectivity index (χ1) is 11.7. The highest BCUT2D eigenvalue weighted by Crippen LogP contribution is 2.12. The third kappa shape index (κ3) is 6.39. The molecule has 1 N–H and O–H groups in total. The highest BCUT2D eigenvalue weighted by atomic mass is 32.2. The van der Waals surface area contributed by atoms with Gasteiger partial charge >= 0.3 is 0 Å². The zero-order valence-electron chi connectivity index (χ0n) is 13.9. The Hall–Kier alpha value is -2.67. The lowest BCUT2D eigenvalue weighted by molar-refractivity contribution is -0.125. The molecule has 25 heavy (non-hydrogen) atoms. The van der Waals surface area contributed by atoms with Gasteiger partial charge in [-0.15, -0.1) is 0 Å². The van der Waals surface area contributed by atoms with Crippen LogP contribution in [0.5, 0.6) is 0 Å². The molecule has 132 valence electrons. The number of rotatable bonds is 6. The minimum absolute atomic E-state index is 0.192. The van der Waals surface area contributed by atoms with Gasteiger partial charge in [-0.05, 0) is 41.5 Å². The predicted octanol–water partition coefficient (Wildman–Crippen LogP) is 2.87. The van der Waals surface area contributed by atoms with Crippen LogP contribution in [-0.2, 0) is 21.4 Å². The lowest BCUT2D eigenvalue weighted by atomic mass is 10.2. The first-order valence-electron chi connectivity index (χ1n) is 7.48. The maximum Gasteiger partial charge on any atom is 0.246 e. The number of nitrogens with one attached hydrogen (secondary N) is 1. The van der Waals surface area contributed by atoms with Crippen LogP contribution in [0.1, 0.15) is 11.1 Å². The molecular formula is C18H19FN2O3S. The summed E-state index contributed by atoms with van der Waals surface area (Å²) in [6.07, 6.45) is 4.16. The molecule has 7 heteroatoms. The molecule has 0 saturated heterocycles. The van der Waals surface area contributed by atoms with Crippen molar-refractivity contribution in [2.45, 2.75) is 6.54 Å². The Morgan fingerprint density at radius 2 is 1.72 bits per heavy atom. The van der Waals surface area contributed by atoms with Gasteiger partial charge in [0.25, 0.3) is 0 Å². The molecule has 0 aliphatic rings. The summed E-state index contributed by atoms with van der Waals surface area (Å²) in [5.41, 5.74) is 2.06. The van der Waals surface area contributed by atoms with Gasteiger partial charge in [0.15, 0.2) is 0 Å². The van der Waals surface area contributed by atoms with Crippen molar-refractivity contribution < 1.29 is 17.6 Å². The molecule has 0 aliphatic carbocycles. The summed E-state index contributed by atoms with van der Waals surface area (Å²) in [7, 11) is -1.65. The van der Waals surface area contributed by atoms with Gasteiger partial charge in [-0.3, -0.25) is 9.52 Å². The number of carbonyl (C=O) groups excluding carboxylic acids is 1. The van der Waals surface area contributed by atoms with Crippen molar-refractivity contribution in [3.05, 3.63) is 71.6 Å². The third-order valence-electron chi connectivity index (χ3n) is 3.34. The van der Waals surface area contributed by atoms with Gasteiger partial charge < -0.3 is 4.90 Å². The maximum absolute atomic E-state index is 12.9. The van der Waals surface area contributed by atoms with Crippen molar-refractivity contribution in [3.8, 4) is 0 Å². The average molecular weight is 362 g/mol. The van der Waals surface area contributed by atoms with Crippen molar-refractivity contribution in [2.75, 3.05) is 18.0 Å². The molecular weight excluding hydrogens is 343 g/mol. The van der Waals surface area contributed by atoms with E-state index in [0.717, 1.165) is 17.4 Å². The van der Waals surface area contributed by atoms with Crippen molar-refractivity contribution in [1.29, 1.82) is 0 Å². The highest BCUT2D eigenvalue weighted by Gasteiger charge is 2.06. The fraction of sp³-hybridized carbons (Fsp3) is 0.167. The summed E-state index contributed by atoms with van der Waals surface area (Å²) in [5, 5.41) is 0. The summed E-state index contributed by atoms with van der Waals surface area (Å²) < 4.78 is 37.5. The molecule has 2 aromatic rings. The maximum atomic E-state index is 12.9. The Bertz CT molecular complexity index is 860. The second kappa shape index (κ2) is 7.94. The number of hydrogen-bond donors (Lipinski definition) is 1. The van der Waals surface area contributed by atoms with Crippen molar-refractivity contribution >= 4 is 27.7 Å². The van der Waals surface area contributed by atoms with Gasteiger partial charge in [0.1, 0.15) is 5.82 Å². The molecule has 1 amide bonds. The Balaban J connectivity index is 1.95. The fourth-order valence-electron chi connectivity index (χ4n) is 2.11. The first kappa shape index (κ1) is 18.7. The second-order valence-corrected chi connectivity index (χ2v) is 7.40. The van der Waals surface area contributed by atoms with Crippen LogP contribution in [0.25, 0.3) is 6.08 Å². The summed E-state index contributed by atoms with van der Waals surface area (Å²) in [5.74, 6) is -0.505. The van der Waals surface area contributed by atoms with Crippen LogP contribution in [0.2, 0.25) is 0 Å². The Kier molecular flexibility index (Phi) is 5.93. The predicted molar refractivity (Wildman–Crippen MR) is 96.8 cm³/mol. The van der Waals surface area contributed by atoms with Crippen LogP contribution in [0.3, 0.4) is 0 Å². The molecule has 0 heterocycles. The van der Waals surface area contributed by atoms with Gasteiger partial charge in [-0.1, -0.05) is 24.3 Å². The summed E-state index contributed by atoms with van der Waals surface area (Å²) in [6.45, 7) is 0.376. The number of benzene rings is 2. The minimum Gasteiger partial charge on any atom is -0.338 e. The third-order valence-corrected chi connectivity index (χ3v) is 3.95. The average Bonchev–Trinajstić information content (AvgIpc) is 2.54. The summed E-state index contributed by atoms with van der Waals surface area (Å²) >= 11 is 0. The topological polar surface area (TPSA) is 66.5 Å². The molecule has 0 aliphatic heterocycles. The smallest absolute Gasteiger partial charge is 0.246 e. The monoisotopic (exact) mass is 362 g/mol. The van der Waals surface area contributed by atoms with E-state index in [1.54, 1.807) is 49.5 Å². The number of sulfonamides is 1. The quantitative estimate of drug-likeness (QED) is 0.804. The molecule has 0 saturated carbocycles. The van der Waals surface area contributed by atoms with Crippen molar-refractivity contribution in [2.24, 2.45) is 0 Å². The van der Waals surface area contributed by atoms with Gasteiger partial charge in [0.05, 0.1) is 6.26 Å². The van der Waals surface area contributed by atoms with Crippen molar-refractivity contribution in [3.63, 3.8) is 0 Å². The standard InChI is InChI=1S/C18H19FN2O3S/c1-21(13-15-3-8-16(19)9-4-15)18(22)12-7-14-5-10-17(11-6-14)20-25(2,23)24/h3-12,20H,13H2,1-2H3/b12-7+. The number of carbonyl (C=O) groups is 1. The number of likely N-dealkylation sites (N-methyl/N-ethyl adjacent to an activating group) is 1. The minimum atomic E-state index is -3.31. The lowest BCUT2D eigenvalue weighted by Crippen LogP contribution is -2.24. The summed E-state index contributed by atoms with van der Waals surface area (Å²) in [4.78, 5) is 13.6. The number of hydrogen-bond acceptors (Lipinski definition) is 3. The zero-order chi connectivity index (χ0) is 18.4. The van der Waals surface area contributed by atoms with E-state index in [-0.39, 0.29) is 11.7 Å². The van der Waals surface area contributed by atoms with Gasteiger partial charge in [-0.2, -0.15) is 0 Å². The Morgan fingerprint density at radius 1 is 1.12 bits per heavy atom. The van der Waals surface area contributed by atoms with Crippen LogP contribution in [0.4, 0.5) is 10.1 Å². The fourth-order valence-corrected chi connectivity index (χ4v) is 2.68. The van der Waals surface area contributed by atoms with E-state index < -0.39 is 10.0 Å². The van der Waals surface area contributed by atoms with Crippen molar-refractivity contribution in [1.82, 2.24) is 4.90 Å². The van der Waals surface area contributed by atoms with E-state index in [4.69, 9.17) is 0 Å². The number of amides is 1. The van der Waals surface area contributed by atoms with Crippen LogP contribution < -0.4 is 4.72 Å². The molecule has 0 unspecified atom stereocenters. The van der Waals surface area contributed by atoms with Crippen LogP contribution >= 0.6 is 0 Å². The van der Waals surface area contributed by atoms with Gasteiger partial charge in [-0.25, -0.2) is 12.8 Å². The SMILES string of the molecule is CN(Cc1ccc(F)cc1)C(=O)/C=C/c1ccc(NS(C)(=O)=O)cc1. The number of anilines is 1. The highest BCUT2D eigenvalue weighted by molar-refractivity contribution is 7.92. The second-order valence-electron chi connectivity index (χ2n) is 5.65. The Morgan fingerprint density at radius 3 is 2.28 bits per heavy atom.